The van der Waals surface area contributed by atoms with Crippen LogP contribution in [0.3, 0.4) is 0 Å². The third-order valence-electron chi connectivity index (χ3n) is 5.39. The van der Waals surface area contributed by atoms with Crippen LogP contribution in [0, 0.1) is 12.8 Å². The van der Waals surface area contributed by atoms with E-state index in [1.54, 1.807) is 11.3 Å². The molecule has 1 fully saturated rings. The lowest BCUT2D eigenvalue weighted by molar-refractivity contribution is -0.141. The molecular formula is C23H30N2O2S. The van der Waals surface area contributed by atoms with Crippen LogP contribution in [0.1, 0.15) is 41.5 Å². The van der Waals surface area contributed by atoms with Gasteiger partial charge in [-0.15, -0.1) is 11.3 Å². The van der Waals surface area contributed by atoms with E-state index in [4.69, 9.17) is 0 Å². The third kappa shape index (κ3) is 5.44. The molecule has 0 saturated carbocycles. The largest absolute Gasteiger partial charge is 0.342 e. The summed E-state index contributed by atoms with van der Waals surface area (Å²) in [4.78, 5) is 31.9. The monoisotopic (exact) mass is 398 g/mol. The zero-order valence-corrected chi connectivity index (χ0v) is 17.7. The summed E-state index contributed by atoms with van der Waals surface area (Å²) in [6.45, 7) is 6.69. The summed E-state index contributed by atoms with van der Waals surface area (Å²) >= 11 is 1.75. The van der Waals surface area contributed by atoms with Crippen molar-refractivity contribution in [2.45, 2.75) is 46.1 Å². The van der Waals surface area contributed by atoms with Crippen molar-refractivity contribution in [1.82, 2.24) is 9.80 Å². The maximum atomic E-state index is 13.4. The third-order valence-corrected chi connectivity index (χ3v) is 6.38. The highest BCUT2D eigenvalue weighted by molar-refractivity contribution is 7.11. The molecule has 1 atom stereocenters. The predicted molar refractivity (Wildman–Crippen MR) is 114 cm³/mol. The van der Waals surface area contributed by atoms with Crippen LogP contribution in [0.5, 0.6) is 0 Å². The van der Waals surface area contributed by atoms with Gasteiger partial charge in [-0.2, -0.15) is 0 Å². The molecule has 0 bridgehead atoms. The molecule has 2 aromatic rings. The summed E-state index contributed by atoms with van der Waals surface area (Å²) in [5, 5.41) is 0. The standard InChI is InChI=1S/C23H30N2O2S/c1-3-22(26)24-14-7-10-20(16-24)23(27)25(17-21-12-11-18(2)28-21)15-13-19-8-5-4-6-9-19/h4-6,8-9,11-12,20H,3,7,10,13-17H2,1-2H3. The quantitative estimate of drug-likeness (QED) is 0.699. The van der Waals surface area contributed by atoms with E-state index in [1.165, 1.54) is 15.3 Å². The summed E-state index contributed by atoms with van der Waals surface area (Å²) in [5.41, 5.74) is 1.24. The first kappa shape index (κ1) is 20.6. The zero-order valence-electron chi connectivity index (χ0n) is 16.9. The second-order valence-electron chi connectivity index (χ2n) is 7.54. The van der Waals surface area contributed by atoms with Crippen LogP contribution in [0.2, 0.25) is 0 Å². The van der Waals surface area contributed by atoms with Crippen molar-refractivity contribution >= 4 is 23.2 Å². The van der Waals surface area contributed by atoms with E-state index in [9.17, 15) is 9.59 Å². The van der Waals surface area contributed by atoms with E-state index in [0.29, 0.717) is 26.1 Å². The Morgan fingerprint density at radius 2 is 1.96 bits per heavy atom. The summed E-state index contributed by atoms with van der Waals surface area (Å²) in [6, 6.07) is 14.6. The molecule has 2 heterocycles. The fraction of sp³-hybridized carbons (Fsp3) is 0.478. The lowest BCUT2D eigenvalue weighted by Crippen LogP contribution is -2.46. The van der Waals surface area contributed by atoms with Crippen LogP contribution in [-0.2, 0) is 22.6 Å². The smallest absolute Gasteiger partial charge is 0.227 e. The Labute approximate surface area is 172 Å². The number of piperidine rings is 1. The Morgan fingerprint density at radius 3 is 2.64 bits per heavy atom. The van der Waals surface area contributed by atoms with Gasteiger partial charge in [0.15, 0.2) is 0 Å². The van der Waals surface area contributed by atoms with Crippen molar-refractivity contribution < 1.29 is 9.59 Å². The lowest BCUT2D eigenvalue weighted by atomic mass is 9.96. The first-order valence-corrected chi connectivity index (χ1v) is 11.0. The van der Waals surface area contributed by atoms with E-state index in [0.717, 1.165) is 25.8 Å². The van der Waals surface area contributed by atoms with Gasteiger partial charge in [-0.1, -0.05) is 37.3 Å². The number of carbonyl (C=O) groups is 2. The van der Waals surface area contributed by atoms with Crippen LogP contribution in [0.15, 0.2) is 42.5 Å². The van der Waals surface area contributed by atoms with Crippen LogP contribution >= 0.6 is 11.3 Å². The van der Waals surface area contributed by atoms with Gasteiger partial charge >= 0.3 is 0 Å². The van der Waals surface area contributed by atoms with E-state index < -0.39 is 0 Å². The van der Waals surface area contributed by atoms with E-state index >= 15 is 0 Å². The SMILES string of the molecule is CCC(=O)N1CCCC(C(=O)N(CCc2ccccc2)Cc2ccc(C)s2)C1. The Kier molecular flexibility index (Phi) is 7.26. The minimum Gasteiger partial charge on any atom is -0.342 e. The average Bonchev–Trinajstić information content (AvgIpc) is 3.15. The van der Waals surface area contributed by atoms with Crippen LogP contribution in [-0.4, -0.2) is 41.2 Å². The van der Waals surface area contributed by atoms with Gasteiger partial charge in [0.1, 0.15) is 0 Å². The van der Waals surface area contributed by atoms with Crippen molar-refractivity contribution in [1.29, 1.82) is 0 Å². The van der Waals surface area contributed by atoms with Crippen molar-refractivity contribution in [2.24, 2.45) is 5.92 Å². The molecule has 1 unspecified atom stereocenters. The van der Waals surface area contributed by atoms with Crippen LogP contribution < -0.4 is 0 Å². The number of rotatable bonds is 7. The highest BCUT2D eigenvalue weighted by atomic mass is 32.1. The second kappa shape index (κ2) is 9.87. The number of likely N-dealkylation sites (tertiary alicyclic amines) is 1. The number of thiophene rings is 1. The molecule has 1 aliphatic rings. The van der Waals surface area contributed by atoms with Gasteiger partial charge < -0.3 is 9.80 Å². The lowest BCUT2D eigenvalue weighted by Gasteiger charge is -2.35. The van der Waals surface area contributed by atoms with E-state index in [2.05, 4.69) is 31.2 Å². The maximum Gasteiger partial charge on any atom is 0.227 e. The van der Waals surface area contributed by atoms with Crippen molar-refractivity contribution in [2.75, 3.05) is 19.6 Å². The van der Waals surface area contributed by atoms with Gasteiger partial charge in [0.2, 0.25) is 11.8 Å². The minimum absolute atomic E-state index is 0.0823. The molecule has 150 valence electrons. The highest BCUT2D eigenvalue weighted by Crippen LogP contribution is 2.23. The molecule has 3 rings (SSSR count). The molecule has 1 aromatic heterocycles. The summed E-state index contributed by atoms with van der Waals surface area (Å²) in [7, 11) is 0. The molecule has 0 radical (unpaired) electrons. The number of aryl methyl sites for hydroxylation is 1. The minimum atomic E-state index is -0.0823. The topological polar surface area (TPSA) is 40.6 Å². The Morgan fingerprint density at radius 1 is 1.18 bits per heavy atom. The molecule has 1 aliphatic heterocycles. The number of amides is 2. The summed E-state index contributed by atoms with van der Waals surface area (Å²) in [6.07, 6.45) is 3.14. The second-order valence-corrected chi connectivity index (χ2v) is 8.91. The van der Waals surface area contributed by atoms with Gasteiger partial charge in [-0.3, -0.25) is 9.59 Å². The van der Waals surface area contributed by atoms with Gasteiger partial charge in [-0.25, -0.2) is 0 Å². The summed E-state index contributed by atoms with van der Waals surface area (Å²) in [5.74, 6) is 0.263. The number of hydrogen-bond donors (Lipinski definition) is 0. The first-order chi connectivity index (χ1) is 13.6. The maximum absolute atomic E-state index is 13.4. The average molecular weight is 399 g/mol. The Balaban J connectivity index is 1.70. The Hall–Kier alpha value is -2.14. The molecule has 0 N–H and O–H groups in total. The molecule has 0 spiro atoms. The zero-order chi connectivity index (χ0) is 19.9. The fourth-order valence-electron chi connectivity index (χ4n) is 3.82. The van der Waals surface area contributed by atoms with Gasteiger partial charge in [0, 0.05) is 35.8 Å². The molecule has 5 heteroatoms. The van der Waals surface area contributed by atoms with Gasteiger partial charge in [0.05, 0.1) is 12.5 Å². The van der Waals surface area contributed by atoms with Crippen LogP contribution in [0.4, 0.5) is 0 Å². The molecular weight excluding hydrogens is 368 g/mol. The molecule has 2 amide bonds. The normalized spacial score (nSPS) is 16.8. The molecule has 1 aromatic carbocycles. The van der Waals surface area contributed by atoms with Crippen LogP contribution in [0.25, 0.3) is 0 Å². The van der Waals surface area contributed by atoms with Crippen molar-refractivity contribution in [3.8, 4) is 0 Å². The highest BCUT2D eigenvalue weighted by Gasteiger charge is 2.30. The Bertz CT molecular complexity index is 787. The van der Waals surface area contributed by atoms with Crippen molar-refractivity contribution in [3.63, 3.8) is 0 Å². The molecule has 0 aliphatic carbocycles. The summed E-state index contributed by atoms with van der Waals surface area (Å²) < 4.78 is 0. The molecule has 1 saturated heterocycles. The molecule has 28 heavy (non-hydrogen) atoms. The number of carbonyl (C=O) groups excluding carboxylic acids is 2. The van der Waals surface area contributed by atoms with Gasteiger partial charge in [-0.05, 0) is 43.9 Å². The van der Waals surface area contributed by atoms with E-state index in [1.807, 2.05) is 34.9 Å². The molecule has 4 nitrogen and oxygen atoms in total. The number of benzene rings is 1. The van der Waals surface area contributed by atoms with Crippen molar-refractivity contribution in [3.05, 3.63) is 57.8 Å². The number of hydrogen-bond acceptors (Lipinski definition) is 3. The number of nitrogens with zero attached hydrogens (tertiary/aromatic N) is 2. The van der Waals surface area contributed by atoms with Gasteiger partial charge in [0.25, 0.3) is 0 Å². The van der Waals surface area contributed by atoms with E-state index in [-0.39, 0.29) is 17.7 Å². The fourth-order valence-corrected chi connectivity index (χ4v) is 4.73. The predicted octanol–water partition coefficient (Wildman–Crippen LogP) is 4.28. The first-order valence-electron chi connectivity index (χ1n) is 10.2.